The number of rotatable bonds is 10. The van der Waals surface area contributed by atoms with Gasteiger partial charge < -0.3 is 4.42 Å². The highest BCUT2D eigenvalue weighted by Gasteiger charge is 2.47. The molecule has 18 aromatic rings. The lowest BCUT2D eigenvalue weighted by Gasteiger charge is -2.34. The highest BCUT2D eigenvalue weighted by molar-refractivity contribution is 7.25. The van der Waals surface area contributed by atoms with Crippen molar-refractivity contribution in [2.24, 2.45) is 0 Å². The molecular formula is C92H58N6OS. The molecule has 0 N–H and O–H groups in total. The summed E-state index contributed by atoms with van der Waals surface area (Å²) >= 11 is 1.82. The summed E-state index contributed by atoms with van der Waals surface area (Å²) in [5.41, 5.74) is 21.8. The maximum absolute atomic E-state index is 6.47. The Morgan fingerprint density at radius 3 is 0.930 bits per heavy atom. The van der Waals surface area contributed by atoms with Crippen LogP contribution >= 0.6 is 11.3 Å². The fourth-order valence-corrected chi connectivity index (χ4v) is 16.7. The maximum Gasteiger partial charge on any atom is 0.164 e. The third-order valence-corrected chi connectivity index (χ3v) is 21.2. The molecule has 0 bridgehead atoms. The van der Waals surface area contributed by atoms with Gasteiger partial charge in [0.05, 0.1) is 10.8 Å². The first-order chi connectivity index (χ1) is 49.5. The molecule has 0 unspecified atom stereocenters. The smallest absolute Gasteiger partial charge is 0.164 e. The molecule has 4 heterocycles. The van der Waals surface area contributed by atoms with E-state index in [0.717, 1.165) is 55.3 Å². The maximum atomic E-state index is 6.47. The molecular weight excluding hydrogens is 1240 g/mol. The number of hydrogen-bond acceptors (Lipinski definition) is 8. The van der Waals surface area contributed by atoms with Gasteiger partial charge in [-0.2, -0.15) is 0 Å². The van der Waals surface area contributed by atoms with Crippen molar-refractivity contribution in [1.29, 1.82) is 0 Å². The van der Waals surface area contributed by atoms with Gasteiger partial charge in [-0.25, -0.2) is 29.9 Å². The van der Waals surface area contributed by atoms with E-state index < -0.39 is 10.8 Å². The molecule has 0 aliphatic heterocycles. The average Bonchev–Trinajstić information content (AvgIpc) is 1.53. The highest BCUT2D eigenvalue weighted by atomic mass is 32.1. The van der Waals surface area contributed by atoms with E-state index in [1.165, 1.54) is 86.9 Å². The van der Waals surface area contributed by atoms with Crippen LogP contribution in [0.25, 0.3) is 133 Å². The van der Waals surface area contributed by atoms with Gasteiger partial charge in [-0.15, -0.1) is 11.3 Å². The predicted molar refractivity (Wildman–Crippen MR) is 407 cm³/mol. The molecule has 100 heavy (non-hydrogen) atoms. The molecule has 7 nitrogen and oxygen atoms in total. The van der Waals surface area contributed by atoms with E-state index in [4.69, 9.17) is 34.3 Å². The topological polar surface area (TPSA) is 90.5 Å². The molecule has 0 spiro atoms. The first-order valence-electron chi connectivity index (χ1n) is 33.7. The van der Waals surface area contributed by atoms with Crippen molar-refractivity contribution < 1.29 is 4.42 Å². The fraction of sp³-hybridized carbons (Fsp3) is 0.0217. The van der Waals surface area contributed by atoms with E-state index in [2.05, 4.69) is 218 Å². The Kier molecular flexibility index (Phi) is 14.1. The Morgan fingerprint density at radius 2 is 0.520 bits per heavy atom. The van der Waals surface area contributed by atoms with Crippen LogP contribution in [0.3, 0.4) is 0 Å². The first kappa shape index (κ1) is 58.5. The van der Waals surface area contributed by atoms with Gasteiger partial charge >= 0.3 is 0 Å². The van der Waals surface area contributed by atoms with Gasteiger partial charge in [-0.05, 0) is 115 Å². The number of fused-ring (bicyclic) bond motifs is 12. The molecule has 2 aliphatic carbocycles. The molecule has 2 aliphatic rings. The zero-order valence-electron chi connectivity index (χ0n) is 54.0. The van der Waals surface area contributed by atoms with Crippen molar-refractivity contribution in [2.45, 2.75) is 10.8 Å². The zero-order valence-corrected chi connectivity index (χ0v) is 54.8. The quantitative estimate of drug-likeness (QED) is 0.135. The lowest BCUT2D eigenvalue weighted by molar-refractivity contribution is 0.668. The van der Waals surface area contributed by atoms with Gasteiger partial charge in [-0.1, -0.05) is 303 Å². The second-order valence-electron chi connectivity index (χ2n) is 25.5. The van der Waals surface area contributed by atoms with Crippen LogP contribution in [0, 0.1) is 0 Å². The standard InChI is InChI=1S/C46H29N3O.C46H29N3S/c1-4-14-30(15-5-1)43-47-44(31-16-6-2-7-17-31)49-45(48-43)32-24-26-41-37(28-32)38-29-34(25-27-42(38)50-41)46(33-18-8-3-9-19-33)39-22-12-10-20-35(39)36-21-11-13-23-40(36)46;1-4-14-30(15-5-1)43-47-44(31-16-6-2-7-17-31)49-45(48-43)32-24-26-37-38-29-34(25-27-41(38)50-42(37)28-32)46(33-18-8-3-9-19-33)39-22-12-10-20-35(39)36-21-11-13-23-40(36)46/h2*1-29H. The van der Waals surface area contributed by atoms with Crippen LogP contribution < -0.4 is 0 Å². The van der Waals surface area contributed by atoms with Crippen LogP contribution in [-0.4, -0.2) is 29.9 Å². The molecule has 14 aromatic carbocycles. The van der Waals surface area contributed by atoms with Gasteiger partial charge in [0.1, 0.15) is 11.2 Å². The molecule has 20 rings (SSSR count). The fourth-order valence-electron chi connectivity index (χ4n) is 15.6. The van der Waals surface area contributed by atoms with Crippen LogP contribution in [0.1, 0.15) is 44.5 Å². The van der Waals surface area contributed by atoms with Gasteiger partial charge in [0.25, 0.3) is 0 Å². The van der Waals surface area contributed by atoms with Crippen LogP contribution in [0.4, 0.5) is 0 Å². The van der Waals surface area contributed by atoms with Crippen LogP contribution in [-0.2, 0) is 10.8 Å². The molecule has 4 aromatic heterocycles. The van der Waals surface area contributed by atoms with Crippen molar-refractivity contribution >= 4 is 53.4 Å². The SMILES string of the molecule is c1ccc(-c2nc(-c3ccccc3)nc(-c3ccc4c(c3)sc3ccc(C5(c6ccccc6)c6ccccc6-c6ccccc65)cc34)n2)cc1.c1ccc(-c2nc(-c3ccccc3)nc(-c3ccc4oc5ccc(C6(c7ccccc7)c7ccccc7-c7ccccc76)cc5c4c3)n2)cc1. The normalized spacial score (nSPS) is 13.0. The first-order valence-corrected chi connectivity index (χ1v) is 34.5. The third kappa shape index (κ3) is 9.55. The van der Waals surface area contributed by atoms with Crippen molar-refractivity contribution in [1.82, 2.24) is 29.9 Å². The van der Waals surface area contributed by atoms with E-state index in [1.54, 1.807) is 0 Å². The number of nitrogens with zero attached hydrogens (tertiary/aromatic N) is 6. The van der Waals surface area contributed by atoms with Gasteiger partial charge in [0, 0.05) is 64.3 Å². The van der Waals surface area contributed by atoms with E-state index >= 15 is 0 Å². The zero-order chi connectivity index (χ0) is 66.1. The van der Waals surface area contributed by atoms with Crippen molar-refractivity contribution in [3.8, 4) is 90.6 Å². The van der Waals surface area contributed by atoms with Crippen molar-refractivity contribution in [3.63, 3.8) is 0 Å². The van der Waals surface area contributed by atoms with Gasteiger partial charge in [-0.3, -0.25) is 0 Å². The summed E-state index contributed by atoms with van der Waals surface area (Å²) in [6, 6.07) is 124. The molecule has 0 saturated carbocycles. The Morgan fingerprint density at radius 1 is 0.210 bits per heavy atom. The number of aromatic nitrogens is 6. The van der Waals surface area contributed by atoms with Gasteiger partial charge in [0.15, 0.2) is 34.9 Å². The summed E-state index contributed by atoms with van der Waals surface area (Å²) < 4.78 is 8.94. The van der Waals surface area contributed by atoms with E-state index in [0.29, 0.717) is 34.9 Å². The van der Waals surface area contributed by atoms with E-state index in [1.807, 2.05) is 145 Å². The molecule has 0 saturated heterocycles. The summed E-state index contributed by atoms with van der Waals surface area (Å²) in [4.78, 5) is 29.8. The summed E-state index contributed by atoms with van der Waals surface area (Å²) in [5, 5.41) is 4.57. The van der Waals surface area contributed by atoms with Crippen LogP contribution in [0.2, 0.25) is 0 Å². The largest absolute Gasteiger partial charge is 0.456 e. The lowest BCUT2D eigenvalue weighted by atomic mass is 9.67. The second kappa shape index (κ2) is 24.0. The second-order valence-corrected chi connectivity index (χ2v) is 26.6. The molecule has 0 amide bonds. The Hall–Kier alpha value is -12.9. The highest BCUT2D eigenvalue weighted by Crippen LogP contribution is 2.58. The van der Waals surface area contributed by atoms with Gasteiger partial charge in [0.2, 0.25) is 0 Å². The molecule has 8 heteroatoms. The molecule has 0 radical (unpaired) electrons. The number of hydrogen-bond donors (Lipinski definition) is 0. The third-order valence-electron chi connectivity index (χ3n) is 20.0. The number of furan rings is 1. The number of benzene rings is 14. The summed E-state index contributed by atoms with van der Waals surface area (Å²) in [6.07, 6.45) is 0. The number of thiophene rings is 1. The Labute approximate surface area is 581 Å². The molecule has 0 fully saturated rings. The summed E-state index contributed by atoms with van der Waals surface area (Å²) in [7, 11) is 0. The van der Waals surface area contributed by atoms with Crippen LogP contribution in [0.15, 0.2) is 356 Å². The van der Waals surface area contributed by atoms with E-state index in [9.17, 15) is 0 Å². The lowest BCUT2D eigenvalue weighted by Crippen LogP contribution is -2.28. The Balaban J connectivity index is 0.000000139. The molecule has 468 valence electrons. The minimum atomic E-state index is -0.493. The minimum Gasteiger partial charge on any atom is -0.456 e. The predicted octanol–water partition coefficient (Wildman–Crippen LogP) is 22.7. The monoisotopic (exact) mass is 1290 g/mol. The van der Waals surface area contributed by atoms with Crippen LogP contribution in [0.5, 0.6) is 0 Å². The Bertz CT molecular complexity index is 5950. The van der Waals surface area contributed by atoms with Crippen molar-refractivity contribution in [2.75, 3.05) is 0 Å². The van der Waals surface area contributed by atoms with E-state index in [-0.39, 0.29) is 0 Å². The average molecular weight is 1300 g/mol. The summed E-state index contributed by atoms with van der Waals surface area (Å²) in [6.45, 7) is 0. The molecule has 0 atom stereocenters. The van der Waals surface area contributed by atoms with Crippen molar-refractivity contribution in [3.05, 3.63) is 396 Å². The minimum absolute atomic E-state index is 0.427. The summed E-state index contributed by atoms with van der Waals surface area (Å²) in [5.74, 6) is 3.89.